The van der Waals surface area contributed by atoms with Crippen molar-refractivity contribution in [1.29, 1.82) is 0 Å². The van der Waals surface area contributed by atoms with E-state index in [0.29, 0.717) is 32.1 Å². The van der Waals surface area contributed by atoms with Crippen molar-refractivity contribution >= 4 is 24.1 Å². The second kappa shape index (κ2) is 26.5. The first-order chi connectivity index (χ1) is 25.1. The Hall–Kier alpha value is -4.24. The molecule has 1 aromatic carbocycles. The number of allylic oxidation sites excluding steroid dienone is 2. The lowest BCUT2D eigenvalue weighted by atomic mass is 9.88. The molecule has 1 aliphatic rings. The zero-order chi connectivity index (χ0) is 37.9. The molecule has 1 unspecified atom stereocenters. The maximum absolute atomic E-state index is 12.4. The molecule has 3 atom stereocenters. The Bertz CT molecular complexity index is 1270. The van der Waals surface area contributed by atoms with E-state index in [2.05, 4.69) is 54.3 Å². The summed E-state index contributed by atoms with van der Waals surface area (Å²) in [6.07, 6.45) is 27.7. The van der Waals surface area contributed by atoms with Gasteiger partial charge in [-0.15, -0.1) is 24.7 Å². The van der Waals surface area contributed by atoms with Gasteiger partial charge in [0.25, 0.3) is 0 Å². The van der Waals surface area contributed by atoms with Crippen LogP contribution in [0.4, 0.5) is 4.79 Å². The van der Waals surface area contributed by atoms with Crippen LogP contribution >= 0.6 is 0 Å². The standard InChI is InChI=1S/C43H60O9/c1-5-7-13-29-39(44)48-32-43(4,33-49-40(45)30-14-8-6-2)34-50-42(47)52-35(3)51-41(46)31-20-10-9-18-25-37-27-21-28-38(37)26-19-12-17-24-36-22-15-11-16-23-36/h1-2,9,11,15-16,18,22-23,35,37-38H,7-8,10,12-14,17,19-21,24-34H2,3-4H3/b18-9-/t35?,37-,38-/m0/s1. The maximum Gasteiger partial charge on any atom is 0.511 e. The molecule has 286 valence electrons. The van der Waals surface area contributed by atoms with Crippen molar-refractivity contribution in [3.8, 4) is 24.7 Å². The van der Waals surface area contributed by atoms with Crippen LogP contribution in [0.15, 0.2) is 42.5 Å². The normalized spacial score (nSPS) is 16.0. The van der Waals surface area contributed by atoms with Crippen molar-refractivity contribution in [3.63, 3.8) is 0 Å². The summed E-state index contributed by atoms with van der Waals surface area (Å²) in [5, 5.41) is 0. The molecule has 0 bridgehead atoms. The first-order valence-electron chi connectivity index (χ1n) is 19.0. The number of esters is 3. The average molecular weight is 721 g/mol. The number of carbonyl (C=O) groups excluding carboxylic acids is 4. The summed E-state index contributed by atoms with van der Waals surface area (Å²) in [6.45, 7) is 2.42. The molecule has 0 amide bonds. The number of terminal acetylenes is 2. The molecule has 0 aromatic heterocycles. The zero-order valence-corrected chi connectivity index (χ0v) is 31.5. The van der Waals surface area contributed by atoms with Gasteiger partial charge >= 0.3 is 24.1 Å². The monoisotopic (exact) mass is 720 g/mol. The van der Waals surface area contributed by atoms with Gasteiger partial charge in [0, 0.05) is 39.0 Å². The summed E-state index contributed by atoms with van der Waals surface area (Å²) < 4.78 is 26.3. The summed E-state index contributed by atoms with van der Waals surface area (Å²) >= 11 is 0. The smallest absolute Gasteiger partial charge is 0.465 e. The van der Waals surface area contributed by atoms with E-state index in [-0.39, 0.29) is 39.1 Å². The van der Waals surface area contributed by atoms with Gasteiger partial charge in [-0.25, -0.2) is 4.79 Å². The second-order valence-electron chi connectivity index (χ2n) is 14.1. The Labute approximate surface area is 311 Å². The largest absolute Gasteiger partial charge is 0.511 e. The average Bonchev–Trinajstić information content (AvgIpc) is 3.58. The fourth-order valence-electron chi connectivity index (χ4n) is 6.23. The van der Waals surface area contributed by atoms with Crippen molar-refractivity contribution in [2.45, 2.75) is 136 Å². The highest BCUT2D eigenvalue weighted by Gasteiger charge is 2.32. The zero-order valence-electron chi connectivity index (χ0n) is 31.5. The van der Waals surface area contributed by atoms with Gasteiger partial charge in [-0.05, 0) is 75.7 Å². The van der Waals surface area contributed by atoms with E-state index in [1.165, 1.54) is 57.4 Å². The highest BCUT2D eigenvalue weighted by molar-refractivity contribution is 5.70. The molecule has 9 heteroatoms. The lowest BCUT2D eigenvalue weighted by Crippen LogP contribution is -2.37. The highest BCUT2D eigenvalue weighted by Crippen LogP contribution is 2.37. The van der Waals surface area contributed by atoms with E-state index in [0.717, 1.165) is 31.1 Å². The van der Waals surface area contributed by atoms with E-state index < -0.39 is 35.8 Å². The van der Waals surface area contributed by atoms with Crippen molar-refractivity contribution in [2.75, 3.05) is 19.8 Å². The van der Waals surface area contributed by atoms with E-state index in [1.807, 2.05) is 0 Å². The van der Waals surface area contributed by atoms with E-state index in [9.17, 15) is 19.2 Å². The number of benzene rings is 1. The molecule has 0 N–H and O–H groups in total. The van der Waals surface area contributed by atoms with Gasteiger partial charge in [0.05, 0.1) is 5.41 Å². The quantitative estimate of drug-likeness (QED) is 0.0231. The predicted octanol–water partition coefficient (Wildman–Crippen LogP) is 9.06. The molecule has 1 aliphatic carbocycles. The summed E-state index contributed by atoms with van der Waals surface area (Å²) in [4.78, 5) is 49.0. The third-order valence-electron chi connectivity index (χ3n) is 9.22. The number of ether oxygens (including phenoxy) is 5. The van der Waals surface area contributed by atoms with Gasteiger partial charge in [-0.1, -0.05) is 74.6 Å². The molecule has 1 saturated carbocycles. The fourth-order valence-corrected chi connectivity index (χ4v) is 6.23. The lowest BCUT2D eigenvalue weighted by molar-refractivity contribution is -0.169. The number of aryl methyl sites for hydroxylation is 1. The van der Waals surface area contributed by atoms with Gasteiger partial charge in [0.2, 0.25) is 6.29 Å². The highest BCUT2D eigenvalue weighted by atomic mass is 16.8. The Kier molecular flexibility index (Phi) is 22.4. The fraction of sp³-hybridized carbons (Fsp3) is 0.628. The Balaban J connectivity index is 1.64. The van der Waals surface area contributed by atoms with Crippen LogP contribution in [0.1, 0.15) is 129 Å². The Morgan fingerprint density at radius 1 is 0.769 bits per heavy atom. The van der Waals surface area contributed by atoms with Gasteiger partial charge in [0.1, 0.15) is 19.8 Å². The first kappa shape index (κ1) is 43.9. The van der Waals surface area contributed by atoms with Crippen LogP contribution in [0.5, 0.6) is 0 Å². The number of rotatable bonds is 26. The minimum Gasteiger partial charge on any atom is -0.465 e. The van der Waals surface area contributed by atoms with Crippen LogP contribution in [0.25, 0.3) is 0 Å². The van der Waals surface area contributed by atoms with Crippen LogP contribution in [-0.4, -0.2) is 50.2 Å². The van der Waals surface area contributed by atoms with Crippen molar-refractivity contribution in [3.05, 3.63) is 48.0 Å². The van der Waals surface area contributed by atoms with Crippen LogP contribution in [0.2, 0.25) is 0 Å². The molecule has 0 aliphatic heterocycles. The van der Waals surface area contributed by atoms with Gasteiger partial charge in [0.15, 0.2) is 0 Å². The molecule has 1 aromatic rings. The van der Waals surface area contributed by atoms with E-state index >= 15 is 0 Å². The third kappa shape index (κ3) is 20.6. The molecule has 9 nitrogen and oxygen atoms in total. The van der Waals surface area contributed by atoms with E-state index in [4.69, 9.17) is 36.5 Å². The van der Waals surface area contributed by atoms with Crippen LogP contribution in [-0.2, 0) is 44.5 Å². The van der Waals surface area contributed by atoms with E-state index in [1.54, 1.807) is 6.92 Å². The van der Waals surface area contributed by atoms with Crippen molar-refractivity contribution in [1.82, 2.24) is 0 Å². The predicted molar refractivity (Wildman–Crippen MR) is 200 cm³/mol. The molecule has 0 spiro atoms. The molecule has 2 rings (SSSR count). The number of hydrogen-bond acceptors (Lipinski definition) is 9. The molecule has 0 radical (unpaired) electrons. The number of unbranched alkanes of at least 4 members (excludes halogenated alkanes) is 5. The second-order valence-corrected chi connectivity index (χ2v) is 14.1. The summed E-state index contributed by atoms with van der Waals surface area (Å²) in [5.41, 5.74) is 0.368. The van der Waals surface area contributed by atoms with Gasteiger partial charge < -0.3 is 23.7 Å². The van der Waals surface area contributed by atoms with Gasteiger partial charge in [-0.3, -0.25) is 14.4 Å². The van der Waals surface area contributed by atoms with Gasteiger partial charge in [-0.2, -0.15) is 0 Å². The lowest BCUT2D eigenvalue weighted by Gasteiger charge is -2.28. The molecular weight excluding hydrogens is 660 g/mol. The van der Waals surface area contributed by atoms with Crippen LogP contribution < -0.4 is 0 Å². The summed E-state index contributed by atoms with van der Waals surface area (Å²) in [6, 6.07) is 10.7. The number of carbonyl (C=O) groups is 4. The molecular formula is C43H60O9. The summed E-state index contributed by atoms with van der Waals surface area (Å²) in [7, 11) is 0. The molecule has 52 heavy (non-hydrogen) atoms. The first-order valence-corrected chi connectivity index (χ1v) is 19.0. The minimum atomic E-state index is -1.16. The van der Waals surface area contributed by atoms with Crippen molar-refractivity contribution in [2.24, 2.45) is 17.3 Å². The Morgan fingerprint density at radius 3 is 2.04 bits per heavy atom. The minimum absolute atomic E-state index is 0.131. The molecule has 0 saturated heterocycles. The topological polar surface area (TPSA) is 114 Å². The Morgan fingerprint density at radius 2 is 1.38 bits per heavy atom. The molecule has 0 heterocycles. The SMILES string of the molecule is C#CCCCC(=O)OCC(C)(COC(=O)CCCC#C)COC(=O)OC(C)OC(=O)CCC/C=C\C[C@H]1CCC[C@@H]1CCCCCc1ccccc1. The number of hydrogen-bond donors (Lipinski definition) is 0. The van der Waals surface area contributed by atoms with Crippen LogP contribution in [0, 0.1) is 41.9 Å². The maximum atomic E-state index is 12.4. The molecule has 1 fully saturated rings. The summed E-state index contributed by atoms with van der Waals surface area (Å²) in [5.74, 6) is 5.07. The van der Waals surface area contributed by atoms with Crippen molar-refractivity contribution < 1.29 is 42.9 Å². The van der Waals surface area contributed by atoms with Crippen LogP contribution in [0.3, 0.4) is 0 Å². The third-order valence-corrected chi connectivity index (χ3v) is 9.22.